The van der Waals surface area contributed by atoms with Crippen molar-refractivity contribution in [1.82, 2.24) is 25.1 Å². The number of aromatic amines is 1. The van der Waals surface area contributed by atoms with Gasteiger partial charge in [0.25, 0.3) is 0 Å². The van der Waals surface area contributed by atoms with E-state index in [4.69, 9.17) is 0 Å². The van der Waals surface area contributed by atoms with Gasteiger partial charge in [-0.15, -0.1) is 0 Å². The highest BCUT2D eigenvalue weighted by molar-refractivity contribution is 5.88. The number of rotatable bonds is 3. The molecular weight excluding hydrogens is 318 g/mol. The lowest BCUT2D eigenvalue weighted by Gasteiger charge is -2.25. The Morgan fingerprint density at radius 2 is 2.08 bits per heavy atom. The number of carbonyl (C=O) groups is 1. The molecule has 0 bridgehead atoms. The van der Waals surface area contributed by atoms with Crippen molar-refractivity contribution < 1.29 is 4.79 Å². The van der Waals surface area contributed by atoms with Crippen molar-refractivity contribution in [3.8, 4) is 0 Å². The van der Waals surface area contributed by atoms with Gasteiger partial charge in [0.1, 0.15) is 5.82 Å². The molecule has 0 aromatic carbocycles. The van der Waals surface area contributed by atoms with Gasteiger partial charge in [-0.1, -0.05) is 0 Å². The number of nitrogens with one attached hydrogen (secondary N) is 2. The second-order valence-corrected chi connectivity index (χ2v) is 6.71. The summed E-state index contributed by atoms with van der Waals surface area (Å²) < 4.78 is 0. The molecule has 1 aliphatic heterocycles. The Kier molecular flexibility index (Phi) is 4.61. The lowest BCUT2D eigenvalue weighted by molar-refractivity contribution is 0.206. The molecule has 8 nitrogen and oxygen atoms in total. The highest BCUT2D eigenvalue weighted by Gasteiger charge is 2.33. The lowest BCUT2D eigenvalue weighted by Crippen LogP contribution is -2.35. The molecule has 2 aromatic heterocycles. The SMILES string of the molecule is Cc1cc(N(C)C)nc(NC(=O)N2CCCC2c2c(C)n[nH]c2C)n1. The van der Waals surface area contributed by atoms with Crippen molar-refractivity contribution in [2.24, 2.45) is 0 Å². The summed E-state index contributed by atoms with van der Waals surface area (Å²) in [7, 11) is 3.82. The summed E-state index contributed by atoms with van der Waals surface area (Å²) in [6.45, 7) is 6.57. The van der Waals surface area contributed by atoms with E-state index in [1.54, 1.807) is 0 Å². The molecule has 3 heterocycles. The first-order valence-corrected chi connectivity index (χ1v) is 8.49. The van der Waals surface area contributed by atoms with Gasteiger partial charge in [0.15, 0.2) is 0 Å². The molecule has 8 heteroatoms. The van der Waals surface area contributed by atoms with E-state index in [9.17, 15) is 4.79 Å². The second kappa shape index (κ2) is 6.70. The van der Waals surface area contributed by atoms with Gasteiger partial charge in [0, 0.05) is 43.7 Å². The first-order valence-electron chi connectivity index (χ1n) is 8.49. The molecule has 2 amide bonds. The third-order valence-electron chi connectivity index (χ3n) is 4.55. The van der Waals surface area contributed by atoms with Gasteiger partial charge in [-0.05, 0) is 33.6 Å². The van der Waals surface area contributed by atoms with E-state index in [1.165, 1.54) is 0 Å². The average Bonchev–Trinajstić information content (AvgIpc) is 3.13. The topological polar surface area (TPSA) is 90.0 Å². The number of anilines is 2. The van der Waals surface area contributed by atoms with Crippen molar-refractivity contribution >= 4 is 17.8 Å². The quantitative estimate of drug-likeness (QED) is 0.894. The minimum Gasteiger partial charge on any atom is -0.363 e. The van der Waals surface area contributed by atoms with Crippen LogP contribution in [0.15, 0.2) is 6.07 Å². The Bertz CT molecular complexity index is 764. The van der Waals surface area contributed by atoms with Crippen molar-refractivity contribution in [2.75, 3.05) is 30.9 Å². The number of aryl methyl sites for hydroxylation is 3. The van der Waals surface area contributed by atoms with Crippen LogP contribution in [-0.4, -0.2) is 51.7 Å². The van der Waals surface area contributed by atoms with E-state index in [-0.39, 0.29) is 12.1 Å². The predicted molar refractivity (Wildman–Crippen MR) is 96.9 cm³/mol. The number of carbonyl (C=O) groups excluding carboxylic acids is 1. The van der Waals surface area contributed by atoms with Crippen molar-refractivity contribution in [1.29, 1.82) is 0 Å². The summed E-state index contributed by atoms with van der Waals surface area (Å²) in [5, 5.41) is 10.1. The minimum absolute atomic E-state index is 0.0388. The average molecular weight is 343 g/mol. The summed E-state index contributed by atoms with van der Waals surface area (Å²) >= 11 is 0. The van der Waals surface area contributed by atoms with Crippen LogP contribution in [0.3, 0.4) is 0 Å². The first-order chi connectivity index (χ1) is 11.9. The van der Waals surface area contributed by atoms with Crippen LogP contribution < -0.4 is 10.2 Å². The molecule has 0 saturated carbocycles. The maximum Gasteiger partial charge on any atom is 0.324 e. The van der Waals surface area contributed by atoms with Gasteiger partial charge in [-0.2, -0.15) is 10.1 Å². The molecule has 3 rings (SSSR count). The maximum atomic E-state index is 12.8. The van der Waals surface area contributed by atoms with Gasteiger partial charge in [0.05, 0.1) is 11.7 Å². The Morgan fingerprint density at radius 1 is 1.32 bits per heavy atom. The molecule has 134 valence electrons. The van der Waals surface area contributed by atoms with Crippen LogP contribution in [0.4, 0.5) is 16.6 Å². The zero-order valence-corrected chi connectivity index (χ0v) is 15.4. The molecule has 1 fully saturated rings. The highest BCUT2D eigenvalue weighted by atomic mass is 16.2. The largest absolute Gasteiger partial charge is 0.363 e. The number of amides is 2. The Labute approximate surface area is 147 Å². The molecule has 0 radical (unpaired) electrons. The standard InChI is InChI=1S/C17H25N7O/c1-10-9-14(23(4)5)19-16(18-10)20-17(25)24-8-6-7-13(24)15-11(2)21-22-12(15)3/h9,13H,6-8H2,1-5H3,(H,21,22)(H,18,19,20,25). The van der Waals surface area contributed by atoms with Crippen LogP contribution in [0, 0.1) is 20.8 Å². The van der Waals surface area contributed by atoms with Crippen LogP contribution in [0.2, 0.25) is 0 Å². The van der Waals surface area contributed by atoms with Gasteiger partial charge in [-0.25, -0.2) is 9.78 Å². The fourth-order valence-electron chi connectivity index (χ4n) is 3.36. The number of H-pyrrole nitrogens is 1. The molecule has 25 heavy (non-hydrogen) atoms. The molecular formula is C17H25N7O. The summed E-state index contributed by atoms with van der Waals surface area (Å²) in [6.07, 6.45) is 1.91. The predicted octanol–water partition coefficient (Wildman–Crippen LogP) is 2.56. The number of hydrogen-bond acceptors (Lipinski definition) is 5. The fraction of sp³-hybridized carbons (Fsp3) is 0.529. The lowest BCUT2D eigenvalue weighted by atomic mass is 10.0. The van der Waals surface area contributed by atoms with Crippen molar-refractivity contribution in [3.63, 3.8) is 0 Å². The van der Waals surface area contributed by atoms with Crippen molar-refractivity contribution in [3.05, 3.63) is 28.7 Å². The Balaban J connectivity index is 1.81. The van der Waals surface area contributed by atoms with E-state index >= 15 is 0 Å². The van der Waals surface area contributed by atoms with Gasteiger partial charge >= 0.3 is 6.03 Å². The third kappa shape index (κ3) is 3.42. The number of aromatic nitrogens is 4. The number of hydrogen-bond donors (Lipinski definition) is 2. The van der Waals surface area contributed by atoms with Crippen LogP contribution in [0.1, 0.15) is 41.5 Å². The Morgan fingerprint density at radius 3 is 2.72 bits per heavy atom. The molecule has 1 atom stereocenters. The van der Waals surface area contributed by atoms with Crippen LogP contribution in [-0.2, 0) is 0 Å². The van der Waals surface area contributed by atoms with E-state index in [1.807, 2.05) is 50.7 Å². The number of nitrogens with zero attached hydrogens (tertiary/aromatic N) is 5. The molecule has 1 unspecified atom stereocenters. The number of urea groups is 1. The van der Waals surface area contributed by atoms with E-state index in [0.29, 0.717) is 12.5 Å². The van der Waals surface area contributed by atoms with E-state index in [2.05, 4.69) is 25.5 Å². The molecule has 2 aromatic rings. The summed E-state index contributed by atoms with van der Waals surface area (Å²) in [4.78, 5) is 25.3. The molecule has 0 aliphatic carbocycles. The molecule has 0 spiro atoms. The molecule has 1 saturated heterocycles. The Hall–Kier alpha value is -2.64. The van der Waals surface area contributed by atoms with E-state index < -0.39 is 0 Å². The summed E-state index contributed by atoms with van der Waals surface area (Å²) in [5.41, 5.74) is 3.90. The smallest absolute Gasteiger partial charge is 0.324 e. The first kappa shape index (κ1) is 17.2. The zero-order valence-electron chi connectivity index (χ0n) is 15.4. The zero-order chi connectivity index (χ0) is 18.1. The fourth-order valence-corrected chi connectivity index (χ4v) is 3.36. The second-order valence-electron chi connectivity index (χ2n) is 6.71. The van der Waals surface area contributed by atoms with Crippen LogP contribution in [0.25, 0.3) is 0 Å². The highest BCUT2D eigenvalue weighted by Crippen LogP contribution is 2.35. The maximum absolute atomic E-state index is 12.8. The monoisotopic (exact) mass is 343 g/mol. The normalized spacial score (nSPS) is 17.0. The van der Waals surface area contributed by atoms with Crippen molar-refractivity contribution in [2.45, 2.75) is 39.7 Å². The molecule has 1 aliphatic rings. The summed E-state index contributed by atoms with van der Waals surface area (Å²) in [6, 6.07) is 1.75. The van der Waals surface area contributed by atoms with Gasteiger partial charge < -0.3 is 9.80 Å². The van der Waals surface area contributed by atoms with Crippen LogP contribution >= 0.6 is 0 Å². The minimum atomic E-state index is -0.169. The van der Waals surface area contributed by atoms with Crippen LogP contribution in [0.5, 0.6) is 0 Å². The van der Waals surface area contributed by atoms with E-state index in [0.717, 1.165) is 41.3 Å². The van der Waals surface area contributed by atoms with Gasteiger partial charge in [-0.3, -0.25) is 10.4 Å². The third-order valence-corrected chi connectivity index (χ3v) is 4.55. The summed E-state index contributed by atoms with van der Waals surface area (Å²) in [5.74, 6) is 1.10. The number of likely N-dealkylation sites (tertiary alicyclic amines) is 1. The molecule has 2 N–H and O–H groups in total. The van der Waals surface area contributed by atoms with Gasteiger partial charge in [0.2, 0.25) is 5.95 Å².